The van der Waals surface area contributed by atoms with Crippen LogP contribution in [-0.2, 0) is 32.7 Å². The second kappa shape index (κ2) is 9.52. The summed E-state index contributed by atoms with van der Waals surface area (Å²) in [6, 6.07) is 0. The van der Waals surface area contributed by atoms with Crippen LogP contribution in [0.2, 0.25) is 0 Å². The highest BCUT2D eigenvalue weighted by Gasteiger charge is 2.56. The molecule has 0 spiro atoms. The highest BCUT2D eigenvalue weighted by atomic mass is 32.2. The number of hydrogen-bond acceptors (Lipinski definition) is 10. The van der Waals surface area contributed by atoms with Gasteiger partial charge in [-0.1, -0.05) is 11.8 Å². The second-order valence-corrected chi connectivity index (χ2v) is 10.1. The summed E-state index contributed by atoms with van der Waals surface area (Å²) in [4.78, 5) is 21.6. The molecule has 1 fully saturated rings. The fraction of sp³-hybridized carbons (Fsp3) is 0.867. The van der Waals surface area contributed by atoms with Gasteiger partial charge in [-0.05, 0) is 27.7 Å². The van der Waals surface area contributed by atoms with Gasteiger partial charge in [0.1, 0.15) is 17.2 Å². The first-order valence-corrected chi connectivity index (χ1v) is 10.8. The molecule has 2 N–H and O–H groups in total. The number of rotatable bonds is 7. The van der Waals surface area contributed by atoms with Crippen LogP contribution in [0.4, 0.5) is 0 Å². The molecule has 1 aliphatic rings. The van der Waals surface area contributed by atoms with Crippen molar-refractivity contribution in [3.8, 4) is 0 Å². The zero-order chi connectivity index (χ0) is 20.2. The van der Waals surface area contributed by atoms with Crippen LogP contribution in [-0.4, -0.2) is 63.1 Å². The summed E-state index contributed by atoms with van der Waals surface area (Å²) in [5.74, 6) is -1.43. The van der Waals surface area contributed by atoms with E-state index in [0.29, 0.717) is 0 Å². The standard InChI is InChI=1S/C15H27O9PS/c1-7(2)23-25(20,24-8(3)4)15-13(21-9(5)16)11(18)12(19)14(26-15)22-10(6)17/h7-8,11-15,18-19H,1-6H3/t11-,12+,13+,14+,15-/m0/s1. The van der Waals surface area contributed by atoms with E-state index in [9.17, 15) is 24.4 Å². The van der Waals surface area contributed by atoms with E-state index in [4.69, 9.17) is 18.5 Å². The maximum Gasteiger partial charge on any atom is 0.348 e. The van der Waals surface area contributed by atoms with Crippen LogP contribution in [0.25, 0.3) is 0 Å². The first-order valence-electron chi connectivity index (χ1n) is 8.20. The lowest BCUT2D eigenvalue weighted by Crippen LogP contribution is -2.55. The average molecular weight is 414 g/mol. The van der Waals surface area contributed by atoms with Crippen LogP contribution in [0, 0.1) is 0 Å². The Morgan fingerprint density at radius 3 is 1.77 bits per heavy atom. The van der Waals surface area contributed by atoms with Crippen molar-refractivity contribution in [2.24, 2.45) is 0 Å². The fourth-order valence-corrected chi connectivity index (χ4v) is 6.86. The summed E-state index contributed by atoms with van der Waals surface area (Å²) >= 11 is 0.769. The van der Waals surface area contributed by atoms with Gasteiger partial charge in [0.15, 0.2) is 11.5 Å². The monoisotopic (exact) mass is 414 g/mol. The molecule has 1 rings (SSSR count). The molecule has 0 saturated carbocycles. The van der Waals surface area contributed by atoms with E-state index in [0.717, 1.165) is 25.6 Å². The number of hydrogen-bond donors (Lipinski definition) is 2. The molecule has 0 aromatic heterocycles. The van der Waals surface area contributed by atoms with Gasteiger partial charge < -0.3 is 28.7 Å². The predicted molar refractivity (Wildman–Crippen MR) is 94.5 cm³/mol. The molecular weight excluding hydrogens is 387 g/mol. The van der Waals surface area contributed by atoms with Crippen LogP contribution in [0.5, 0.6) is 0 Å². The van der Waals surface area contributed by atoms with Gasteiger partial charge in [0, 0.05) is 13.8 Å². The molecule has 152 valence electrons. The van der Waals surface area contributed by atoms with Gasteiger partial charge in [0.25, 0.3) is 0 Å². The second-order valence-electron chi connectivity index (χ2n) is 6.41. The number of ether oxygens (including phenoxy) is 2. The van der Waals surface area contributed by atoms with Gasteiger partial charge >= 0.3 is 19.5 Å². The number of aliphatic hydroxyl groups is 2. The average Bonchev–Trinajstić information content (AvgIpc) is 2.44. The Morgan fingerprint density at radius 1 is 0.923 bits per heavy atom. The number of carbonyl (C=O) groups is 2. The van der Waals surface area contributed by atoms with Crippen molar-refractivity contribution in [2.45, 2.75) is 82.5 Å². The maximum absolute atomic E-state index is 13.5. The number of thioether (sulfide) groups is 1. The van der Waals surface area contributed by atoms with E-state index in [1.165, 1.54) is 0 Å². The minimum absolute atomic E-state index is 0.491. The normalized spacial score (nSPS) is 29.7. The lowest BCUT2D eigenvalue weighted by atomic mass is 10.1. The van der Waals surface area contributed by atoms with Crippen molar-refractivity contribution < 1.29 is 42.9 Å². The van der Waals surface area contributed by atoms with Crippen molar-refractivity contribution in [1.82, 2.24) is 0 Å². The summed E-state index contributed by atoms with van der Waals surface area (Å²) in [5.41, 5.74) is -1.22. The predicted octanol–water partition coefficient (Wildman–Crippen LogP) is 1.65. The van der Waals surface area contributed by atoms with Gasteiger partial charge in [-0.2, -0.15) is 0 Å². The Hall–Kier alpha value is -0.640. The lowest BCUT2D eigenvalue weighted by molar-refractivity contribution is -0.167. The molecule has 1 aliphatic heterocycles. The summed E-state index contributed by atoms with van der Waals surface area (Å²) in [6.45, 7) is 8.87. The molecule has 5 atom stereocenters. The third-order valence-electron chi connectivity index (χ3n) is 3.13. The van der Waals surface area contributed by atoms with Crippen molar-refractivity contribution in [1.29, 1.82) is 0 Å². The summed E-state index contributed by atoms with van der Waals surface area (Å²) < 4.78 is 34.6. The molecule has 11 heteroatoms. The lowest BCUT2D eigenvalue weighted by Gasteiger charge is -2.43. The molecule has 0 radical (unpaired) electrons. The summed E-state index contributed by atoms with van der Waals surface area (Å²) in [7, 11) is -3.94. The van der Waals surface area contributed by atoms with Crippen LogP contribution >= 0.6 is 19.4 Å². The number of esters is 2. The highest BCUT2D eigenvalue weighted by molar-refractivity contribution is 8.06. The molecule has 0 aliphatic carbocycles. The quantitative estimate of drug-likeness (QED) is 0.468. The first kappa shape index (κ1) is 23.4. The van der Waals surface area contributed by atoms with Gasteiger partial charge in [0.2, 0.25) is 0 Å². The summed E-state index contributed by atoms with van der Waals surface area (Å²) in [6.07, 6.45) is -5.54. The van der Waals surface area contributed by atoms with E-state index in [1.54, 1.807) is 27.7 Å². The molecule has 0 amide bonds. The maximum atomic E-state index is 13.5. The Kier molecular flexibility index (Phi) is 8.57. The zero-order valence-corrected chi connectivity index (χ0v) is 17.4. The Bertz CT molecular complexity index is 539. The topological polar surface area (TPSA) is 129 Å². The third kappa shape index (κ3) is 6.21. The van der Waals surface area contributed by atoms with Crippen LogP contribution in [0.1, 0.15) is 41.5 Å². The fourth-order valence-electron chi connectivity index (χ4n) is 2.39. The molecule has 0 bridgehead atoms. The highest BCUT2D eigenvalue weighted by Crippen LogP contribution is 2.63. The minimum atomic E-state index is -3.94. The smallest absolute Gasteiger partial charge is 0.348 e. The van der Waals surface area contributed by atoms with E-state index in [1.807, 2.05) is 0 Å². The molecule has 9 nitrogen and oxygen atoms in total. The largest absolute Gasteiger partial charge is 0.458 e. The summed E-state index contributed by atoms with van der Waals surface area (Å²) in [5, 5.41) is 20.6. The SMILES string of the molecule is CC(=O)O[C@@H]1[C@@H](O)[C@@H](O)[C@H](OC(C)=O)S[C@@H]1P(=O)(OC(C)C)OC(C)C. The third-order valence-corrected chi connectivity index (χ3v) is 7.81. The molecule has 0 aromatic carbocycles. The van der Waals surface area contributed by atoms with Gasteiger partial charge in [-0.25, -0.2) is 0 Å². The number of carbonyl (C=O) groups excluding carboxylic acids is 2. The van der Waals surface area contributed by atoms with E-state index < -0.39 is 60.5 Å². The Morgan fingerprint density at radius 2 is 1.38 bits per heavy atom. The molecule has 26 heavy (non-hydrogen) atoms. The van der Waals surface area contributed by atoms with Crippen LogP contribution < -0.4 is 0 Å². The molecule has 1 heterocycles. The van der Waals surface area contributed by atoms with Crippen molar-refractivity contribution in [2.75, 3.05) is 0 Å². The minimum Gasteiger partial charge on any atom is -0.458 e. The molecule has 1 saturated heterocycles. The van der Waals surface area contributed by atoms with Gasteiger partial charge in [0.05, 0.1) is 12.2 Å². The Balaban J connectivity index is 3.31. The van der Waals surface area contributed by atoms with E-state index in [2.05, 4.69) is 0 Å². The van der Waals surface area contributed by atoms with Gasteiger partial charge in [-0.15, -0.1) is 0 Å². The van der Waals surface area contributed by atoms with Crippen LogP contribution in [0.3, 0.4) is 0 Å². The van der Waals surface area contributed by atoms with E-state index in [-0.39, 0.29) is 0 Å². The zero-order valence-electron chi connectivity index (χ0n) is 15.6. The first-order chi connectivity index (χ1) is 11.9. The van der Waals surface area contributed by atoms with Crippen molar-refractivity contribution >= 4 is 31.3 Å². The van der Waals surface area contributed by atoms with Crippen LogP contribution in [0.15, 0.2) is 0 Å². The van der Waals surface area contributed by atoms with Crippen molar-refractivity contribution in [3.05, 3.63) is 0 Å². The molecular formula is C15H27O9PS. The van der Waals surface area contributed by atoms with Gasteiger partial charge in [-0.3, -0.25) is 14.2 Å². The molecule has 0 unspecified atom stereocenters. The Labute approximate surface area is 157 Å². The number of aliphatic hydroxyl groups excluding tert-OH is 2. The molecule has 0 aromatic rings. The van der Waals surface area contributed by atoms with Crippen molar-refractivity contribution in [3.63, 3.8) is 0 Å². The van der Waals surface area contributed by atoms with E-state index >= 15 is 0 Å².